The zero-order valence-electron chi connectivity index (χ0n) is 8.63. The lowest BCUT2D eigenvalue weighted by Crippen LogP contribution is -2.19. The van der Waals surface area contributed by atoms with Gasteiger partial charge in [0.05, 0.1) is 5.71 Å². The zero-order chi connectivity index (χ0) is 9.52. The molecule has 0 heterocycles. The van der Waals surface area contributed by atoms with Crippen LogP contribution in [0.3, 0.4) is 0 Å². The number of hydrogen-bond donors (Lipinski definition) is 1. The molecule has 0 amide bonds. The summed E-state index contributed by atoms with van der Waals surface area (Å²) in [5.41, 5.74) is 1.06. The Morgan fingerprint density at radius 2 is 2.23 bits per heavy atom. The van der Waals surface area contributed by atoms with Crippen molar-refractivity contribution in [3.63, 3.8) is 0 Å². The summed E-state index contributed by atoms with van der Waals surface area (Å²) < 4.78 is 0. The molecule has 13 heavy (non-hydrogen) atoms. The van der Waals surface area contributed by atoms with E-state index in [1.54, 1.807) is 0 Å². The fraction of sp³-hybridized carbons (Fsp3) is 0.909. The molecular formula is C11H21NO. The normalized spacial score (nSPS) is 26.5. The van der Waals surface area contributed by atoms with Crippen LogP contribution in [0.5, 0.6) is 0 Å². The van der Waals surface area contributed by atoms with Gasteiger partial charge in [-0.15, -0.1) is 0 Å². The first-order valence-corrected chi connectivity index (χ1v) is 5.59. The summed E-state index contributed by atoms with van der Waals surface area (Å²) in [7, 11) is 0. The van der Waals surface area contributed by atoms with Crippen molar-refractivity contribution >= 4 is 5.71 Å². The topological polar surface area (TPSA) is 32.6 Å². The highest BCUT2D eigenvalue weighted by Crippen LogP contribution is 2.26. The van der Waals surface area contributed by atoms with Crippen molar-refractivity contribution in [2.75, 3.05) is 0 Å². The molecule has 1 N–H and O–H groups in total. The monoisotopic (exact) mass is 183 g/mol. The summed E-state index contributed by atoms with van der Waals surface area (Å²) in [6.45, 7) is 2.22. The quantitative estimate of drug-likeness (QED) is 0.403. The van der Waals surface area contributed by atoms with Gasteiger partial charge in [-0.2, -0.15) is 0 Å². The number of oxime groups is 1. The van der Waals surface area contributed by atoms with Crippen molar-refractivity contribution in [3.8, 4) is 0 Å². The third kappa shape index (κ3) is 3.37. The van der Waals surface area contributed by atoms with Gasteiger partial charge in [-0.1, -0.05) is 37.8 Å². The predicted octanol–water partition coefficient (Wildman–Crippen LogP) is 3.59. The Balaban J connectivity index is 2.28. The van der Waals surface area contributed by atoms with Crippen LogP contribution < -0.4 is 0 Å². The lowest BCUT2D eigenvalue weighted by atomic mass is 9.84. The third-order valence-corrected chi connectivity index (χ3v) is 2.99. The average molecular weight is 183 g/mol. The standard InChI is InChI=1S/C11H21NO/c1-2-3-4-7-10-8-5-6-9-11(10)12-13/h10,13H,2-9H2,1H3. The summed E-state index contributed by atoms with van der Waals surface area (Å²) in [6.07, 6.45) is 9.90. The molecule has 0 aromatic rings. The van der Waals surface area contributed by atoms with Gasteiger partial charge in [-0.05, 0) is 25.7 Å². The molecule has 0 bridgehead atoms. The van der Waals surface area contributed by atoms with Gasteiger partial charge in [0, 0.05) is 5.92 Å². The van der Waals surface area contributed by atoms with Crippen LogP contribution in [0.1, 0.15) is 58.3 Å². The van der Waals surface area contributed by atoms with Gasteiger partial charge in [0.2, 0.25) is 0 Å². The molecule has 0 spiro atoms. The molecule has 1 saturated carbocycles. The molecule has 1 rings (SSSR count). The first-order valence-electron chi connectivity index (χ1n) is 5.59. The molecule has 0 aromatic carbocycles. The molecule has 0 radical (unpaired) electrons. The van der Waals surface area contributed by atoms with Crippen LogP contribution in [0.2, 0.25) is 0 Å². The van der Waals surface area contributed by atoms with Crippen LogP contribution in [0.4, 0.5) is 0 Å². The third-order valence-electron chi connectivity index (χ3n) is 2.99. The number of hydrogen-bond acceptors (Lipinski definition) is 2. The van der Waals surface area contributed by atoms with E-state index in [0.717, 1.165) is 12.1 Å². The number of nitrogens with zero attached hydrogens (tertiary/aromatic N) is 1. The highest BCUT2D eigenvalue weighted by Gasteiger charge is 2.19. The molecular weight excluding hydrogens is 162 g/mol. The fourth-order valence-corrected chi connectivity index (χ4v) is 2.15. The van der Waals surface area contributed by atoms with Crippen molar-refractivity contribution < 1.29 is 5.21 Å². The molecule has 1 fully saturated rings. The van der Waals surface area contributed by atoms with E-state index in [0.29, 0.717) is 5.92 Å². The summed E-state index contributed by atoms with van der Waals surface area (Å²) in [5, 5.41) is 12.2. The lowest BCUT2D eigenvalue weighted by Gasteiger charge is -2.22. The van der Waals surface area contributed by atoms with Crippen LogP contribution >= 0.6 is 0 Å². The van der Waals surface area contributed by atoms with Crippen molar-refractivity contribution in [1.82, 2.24) is 0 Å². The molecule has 0 aromatic heterocycles. The predicted molar refractivity (Wildman–Crippen MR) is 55.3 cm³/mol. The molecule has 2 heteroatoms. The summed E-state index contributed by atoms with van der Waals surface area (Å²) in [4.78, 5) is 0. The first kappa shape index (κ1) is 10.6. The van der Waals surface area contributed by atoms with Gasteiger partial charge >= 0.3 is 0 Å². The van der Waals surface area contributed by atoms with Crippen LogP contribution in [-0.4, -0.2) is 10.9 Å². The van der Waals surface area contributed by atoms with Crippen molar-refractivity contribution in [1.29, 1.82) is 0 Å². The van der Waals surface area contributed by atoms with E-state index >= 15 is 0 Å². The molecule has 1 aliphatic rings. The average Bonchev–Trinajstić information content (AvgIpc) is 2.19. The second kappa shape index (κ2) is 6.01. The van der Waals surface area contributed by atoms with E-state index in [9.17, 15) is 0 Å². The van der Waals surface area contributed by atoms with Gasteiger partial charge in [0.1, 0.15) is 0 Å². The van der Waals surface area contributed by atoms with Crippen molar-refractivity contribution in [2.45, 2.75) is 58.3 Å². The largest absolute Gasteiger partial charge is 0.411 e. The minimum Gasteiger partial charge on any atom is -0.411 e. The Morgan fingerprint density at radius 3 is 2.92 bits per heavy atom. The second-order valence-corrected chi connectivity index (χ2v) is 4.03. The van der Waals surface area contributed by atoms with E-state index in [4.69, 9.17) is 5.21 Å². The van der Waals surface area contributed by atoms with Crippen LogP contribution in [0.15, 0.2) is 5.16 Å². The molecule has 1 unspecified atom stereocenters. The minimum atomic E-state index is 0.588. The molecule has 76 valence electrons. The number of unbranched alkanes of at least 4 members (excludes halogenated alkanes) is 2. The van der Waals surface area contributed by atoms with E-state index < -0.39 is 0 Å². The summed E-state index contributed by atoms with van der Waals surface area (Å²) in [6, 6.07) is 0. The Bertz CT molecular complexity index is 165. The van der Waals surface area contributed by atoms with Gasteiger partial charge in [-0.25, -0.2) is 0 Å². The zero-order valence-corrected chi connectivity index (χ0v) is 8.63. The summed E-state index contributed by atoms with van der Waals surface area (Å²) >= 11 is 0. The lowest BCUT2D eigenvalue weighted by molar-refractivity contribution is 0.307. The number of rotatable bonds is 4. The Hall–Kier alpha value is -0.530. The SMILES string of the molecule is CCCCCC1CCCCC1=NO. The molecule has 1 atom stereocenters. The van der Waals surface area contributed by atoms with Gasteiger partial charge in [0.15, 0.2) is 0 Å². The fourth-order valence-electron chi connectivity index (χ4n) is 2.15. The van der Waals surface area contributed by atoms with Gasteiger partial charge in [-0.3, -0.25) is 0 Å². The first-order chi connectivity index (χ1) is 6.38. The highest BCUT2D eigenvalue weighted by atomic mass is 16.4. The highest BCUT2D eigenvalue weighted by molar-refractivity contribution is 5.86. The minimum absolute atomic E-state index is 0.588. The van der Waals surface area contributed by atoms with Crippen molar-refractivity contribution in [2.24, 2.45) is 11.1 Å². The Kier molecular flexibility index (Phi) is 4.87. The Labute approximate surface area is 81.0 Å². The second-order valence-electron chi connectivity index (χ2n) is 4.03. The molecule has 1 aliphatic carbocycles. The molecule has 0 aliphatic heterocycles. The van der Waals surface area contributed by atoms with E-state index in [2.05, 4.69) is 12.1 Å². The maximum absolute atomic E-state index is 8.81. The smallest absolute Gasteiger partial charge is 0.0601 e. The van der Waals surface area contributed by atoms with E-state index in [1.807, 2.05) is 0 Å². The van der Waals surface area contributed by atoms with Crippen molar-refractivity contribution in [3.05, 3.63) is 0 Å². The van der Waals surface area contributed by atoms with Gasteiger partial charge < -0.3 is 5.21 Å². The van der Waals surface area contributed by atoms with E-state index in [-0.39, 0.29) is 0 Å². The molecule has 0 saturated heterocycles. The molecule has 2 nitrogen and oxygen atoms in total. The maximum atomic E-state index is 8.81. The van der Waals surface area contributed by atoms with Crippen LogP contribution in [0.25, 0.3) is 0 Å². The Morgan fingerprint density at radius 1 is 1.38 bits per heavy atom. The van der Waals surface area contributed by atoms with Crippen LogP contribution in [-0.2, 0) is 0 Å². The van der Waals surface area contributed by atoms with E-state index in [1.165, 1.54) is 44.9 Å². The van der Waals surface area contributed by atoms with Crippen LogP contribution in [0, 0.1) is 5.92 Å². The summed E-state index contributed by atoms with van der Waals surface area (Å²) in [5.74, 6) is 0.588. The maximum Gasteiger partial charge on any atom is 0.0601 e. The van der Waals surface area contributed by atoms with Gasteiger partial charge in [0.25, 0.3) is 0 Å².